The number of aromatic amines is 1. The van der Waals surface area contributed by atoms with E-state index in [9.17, 15) is 19.5 Å². The van der Waals surface area contributed by atoms with Gasteiger partial charge >= 0.3 is 5.97 Å². The second-order valence-electron chi connectivity index (χ2n) is 4.37. The lowest BCUT2D eigenvalue weighted by Gasteiger charge is -1.95. The minimum Gasteiger partial charge on any atom is -0.503 e. The highest BCUT2D eigenvalue weighted by molar-refractivity contribution is 6.31. The number of nitrogens with one attached hydrogen (secondary N) is 1. The van der Waals surface area contributed by atoms with Crippen molar-refractivity contribution in [3.8, 4) is 5.75 Å². The number of carboxylic acids is 1. The van der Waals surface area contributed by atoms with Gasteiger partial charge in [-0.3, -0.25) is 9.59 Å². The van der Waals surface area contributed by atoms with Gasteiger partial charge < -0.3 is 15.2 Å². The highest BCUT2D eigenvalue weighted by Gasteiger charge is 2.12. The van der Waals surface area contributed by atoms with Gasteiger partial charge in [-0.2, -0.15) is 0 Å². The molecule has 1 heterocycles. The number of H-pyrrole nitrogens is 1. The van der Waals surface area contributed by atoms with Gasteiger partial charge in [-0.15, -0.1) is 0 Å². The molecule has 1 aromatic carbocycles. The Hall–Kier alpha value is -2.60. The van der Waals surface area contributed by atoms with Gasteiger partial charge in [-0.25, -0.2) is 4.79 Å². The number of aliphatic carboxylic acids is 1. The molecule has 0 unspecified atom stereocenters. The highest BCUT2D eigenvalue weighted by atomic mass is 35.5. The van der Waals surface area contributed by atoms with Gasteiger partial charge in [0, 0.05) is 16.0 Å². The third kappa shape index (κ3) is 2.80. The van der Waals surface area contributed by atoms with Gasteiger partial charge in [-0.1, -0.05) is 11.6 Å². The normalized spacial score (nSPS) is 11.6. The second kappa shape index (κ2) is 5.41. The van der Waals surface area contributed by atoms with Crippen molar-refractivity contribution in [2.24, 2.45) is 0 Å². The lowest BCUT2D eigenvalue weighted by atomic mass is 10.1. The van der Waals surface area contributed by atoms with E-state index in [1.807, 2.05) is 0 Å². The molecule has 2 aromatic rings. The summed E-state index contributed by atoms with van der Waals surface area (Å²) in [4.78, 5) is 37.4. The molecule has 3 N–H and O–H groups in total. The molecule has 6 nitrogen and oxygen atoms in total. The summed E-state index contributed by atoms with van der Waals surface area (Å²) < 4.78 is 0. The maximum absolute atomic E-state index is 12.4. The molecule has 0 atom stereocenters. The summed E-state index contributed by atoms with van der Waals surface area (Å²) in [5.41, 5.74) is -1.99. The number of carboxylic acid groups (broad SMARTS) is 1. The first-order chi connectivity index (χ1) is 9.81. The van der Waals surface area contributed by atoms with Gasteiger partial charge in [0.15, 0.2) is 11.2 Å². The van der Waals surface area contributed by atoms with Crippen LogP contribution >= 0.6 is 11.6 Å². The van der Waals surface area contributed by atoms with E-state index in [1.54, 1.807) is 0 Å². The molecule has 2 rings (SSSR count). The summed E-state index contributed by atoms with van der Waals surface area (Å²) in [5.74, 6) is -2.10. The monoisotopic (exact) mass is 307 g/mol. The third-order valence-electron chi connectivity index (χ3n) is 2.89. The Bertz CT molecular complexity index is 898. The fourth-order valence-electron chi connectivity index (χ4n) is 1.79. The number of halogens is 1. The van der Waals surface area contributed by atoms with Gasteiger partial charge in [-0.05, 0) is 31.2 Å². The van der Waals surface area contributed by atoms with Crippen LogP contribution in [0.4, 0.5) is 0 Å². The summed E-state index contributed by atoms with van der Waals surface area (Å²) >= 11 is 5.80. The maximum Gasteiger partial charge on any atom is 0.331 e. The average Bonchev–Trinajstić information content (AvgIpc) is 2.49. The van der Waals surface area contributed by atoms with Crippen LogP contribution in [-0.4, -0.2) is 21.2 Å². The van der Waals surface area contributed by atoms with Crippen LogP contribution in [0.25, 0.3) is 17.0 Å². The molecular formula is C14H10ClNO5. The zero-order valence-corrected chi connectivity index (χ0v) is 11.6. The van der Waals surface area contributed by atoms with E-state index in [1.165, 1.54) is 25.1 Å². The van der Waals surface area contributed by atoms with Crippen LogP contribution in [-0.2, 0) is 4.79 Å². The lowest BCUT2D eigenvalue weighted by molar-refractivity contribution is -0.132. The van der Waals surface area contributed by atoms with Gasteiger partial charge in [0.25, 0.3) is 5.56 Å². The number of hydrogen-bond donors (Lipinski definition) is 3. The fraction of sp³-hybridized carbons (Fsp3) is 0.0714. The van der Waals surface area contributed by atoms with Crippen molar-refractivity contribution in [1.82, 2.24) is 4.98 Å². The van der Waals surface area contributed by atoms with Crippen molar-refractivity contribution >= 4 is 34.5 Å². The number of rotatable bonds is 2. The maximum atomic E-state index is 12.4. The molecule has 1 aromatic heterocycles. The Morgan fingerprint density at radius 3 is 2.62 bits per heavy atom. The van der Waals surface area contributed by atoms with Crippen LogP contribution in [0.2, 0.25) is 5.02 Å². The van der Waals surface area contributed by atoms with Crippen molar-refractivity contribution in [2.75, 3.05) is 0 Å². The topological polar surface area (TPSA) is 107 Å². The van der Waals surface area contributed by atoms with E-state index in [0.29, 0.717) is 5.02 Å². The minimum atomic E-state index is -1.26. The molecule has 0 amide bonds. The molecule has 0 fully saturated rings. The van der Waals surface area contributed by atoms with Gasteiger partial charge in [0.2, 0.25) is 0 Å². The van der Waals surface area contributed by atoms with Crippen molar-refractivity contribution < 1.29 is 15.0 Å². The minimum absolute atomic E-state index is 0.112. The van der Waals surface area contributed by atoms with Crippen LogP contribution < -0.4 is 11.0 Å². The first kappa shape index (κ1) is 14.8. The highest BCUT2D eigenvalue weighted by Crippen LogP contribution is 2.17. The first-order valence-electron chi connectivity index (χ1n) is 5.81. The summed E-state index contributed by atoms with van der Waals surface area (Å²) in [6.45, 7) is 1.25. The zero-order valence-electron chi connectivity index (χ0n) is 10.8. The molecule has 0 saturated carbocycles. The molecule has 7 heteroatoms. The Kier molecular flexibility index (Phi) is 3.82. The van der Waals surface area contributed by atoms with Crippen molar-refractivity contribution in [3.63, 3.8) is 0 Å². The van der Waals surface area contributed by atoms with E-state index in [0.717, 1.165) is 6.08 Å². The second-order valence-corrected chi connectivity index (χ2v) is 4.80. The first-order valence-corrected chi connectivity index (χ1v) is 6.19. The molecule has 0 bridgehead atoms. The smallest absolute Gasteiger partial charge is 0.331 e. The largest absolute Gasteiger partial charge is 0.503 e. The fourth-order valence-corrected chi connectivity index (χ4v) is 1.96. The quantitative estimate of drug-likeness (QED) is 0.732. The number of aromatic nitrogens is 1. The predicted octanol–water partition coefficient (Wildman–Crippen LogP) is 1.74. The van der Waals surface area contributed by atoms with Crippen LogP contribution in [0.1, 0.15) is 12.5 Å². The Morgan fingerprint density at radius 2 is 2.00 bits per heavy atom. The van der Waals surface area contributed by atoms with Crippen molar-refractivity contribution in [1.29, 1.82) is 0 Å². The van der Waals surface area contributed by atoms with Crippen molar-refractivity contribution in [3.05, 3.63) is 54.9 Å². The van der Waals surface area contributed by atoms with Crippen LogP contribution in [0.15, 0.2) is 33.4 Å². The molecule has 0 aliphatic carbocycles. The van der Waals surface area contributed by atoms with Gasteiger partial charge in [0.05, 0.1) is 11.1 Å². The summed E-state index contributed by atoms with van der Waals surface area (Å²) in [5, 5.41) is 19.1. The van der Waals surface area contributed by atoms with Crippen LogP contribution in [0.3, 0.4) is 0 Å². The standard InChI is InChI=1S/C14H10ClNO5/c1-6(14(20)21)4-9-11(17)8-3-2-7(15)5-10(8)16-13(19)12(9)18/h2-5,18H,1H3,(H,16,19)(H,20,21). The number of aromatic hydroxyl groups is 1. The van der Waals surface area contributed by atoms with E-state index in [2.05, 4.69) is 4.98 Å². The summed E-state index contributed by atoms with van der Waals surface area (Å²) in [6.07, 6.45) is 0.962. The van der Waals surface area contributed by atoms with E-state index in [4.69, 9.17) is 16.7 Å². The SMILES string of the molecule is CC(=Cc1c(O)c(=O)[nH]c2cc(Cl)ccc2c1=O)C(=O)O. The van der Waals surface area contributed by atoms with Crippen LogP contribution in [0.5, 0.6) is 5.75 Å². The van der Waals surface area contributed by atoms with E-state index >= 15 is 0 Å². The van der Waals surface area contributed by atoms with E-state index in [-0.39, 0.29) is 22.0 Å². The molecular weight excluding hydrogens is 298 g/mol. The lowest BCUT2D eigenvalue weighted by Crippen LogP contribution is -2.07. The molecule has 108 valence electrons. The summed E-state index contributed by atoms with van der Waals surface area (Å²) in [6, 6.07) is 4.22. The molecule has 0 aliphatic rings. The van der Waals surface area contributed by atoms with Crippen LogP contribution in [0, 0.1) is 0 Å². The molecule has 0 radical (unpaired) electrons. The van der Waals surface area contributed by atoms with Crippen molar-refractivity contribution in [2.45, 2.75) is 6.92 Å². The predicted molar refractivity (Wildman–Crippen MR) is 78.8 cm³/mol. The average molecular weight is 308 g/mol. The molecule has 0 spiro atoms. The summed E-state index contributed by atoms with van der Waals surface area (Å²) in [7, 11) is 0. The van der Waals surface area contributed by atoms with Gasteiger partial charge in [0.1, 0.15) is 0 Å². The number of fused-ring (bicyclic) bond motifs is 1. The van der Waals surface area contributed by atoms with E-state index < -0.39 is 22.7 Å². The molecule has 0 saturated heterocycles. The number of carbonyl (C=O) groups is 1. The Balaban J connectivity index is 3.00. The number of hydrogen-bond acceptors (Lipinski definition) is 4. The Labute approximate surface area is 122 Å². The zero-order chi connectivity index (χ0) is 15.7. The number of benzene rings is 1. The Morgan fingerprint density at radius 1 is 1.33 bits per heavy atom. The third-order valence-corrected chi connectivity index (χ3v) is 3.12. The molecule has 0 aliphatic heterocycles. The molecule has 21 heavy (non-hydrogen) atoms.